The number of anilines is 1. The van der Waals surface area contributed by atoms with E-state index >= 15 is 0 Å². The molecule has 1 atom stereocenters. The van der Waals surface area contributed by atoms with Crippen LogP contribution in [0.2, 0.25) is 0 Å². The van der Waals surface area contributed by atoms with E-state index in [1.165, 1.54) is 0 Å². The summed E-state index contributed by atoms with van der Waals surface area (Å²) in [6.45, 7) is 3.43. The zero-order valence-electron chi connectivity index (χ0n) is 19.3. The van der Waals surface area contributed by atoms with Crippen molar-refractivity contribution in [2.45, 2.75) is 45.2 Å². The van der Waals surface area contributed by atoms with Crippen LogP contribution in [0, 0.1) is 6.92 Å². The molecule has 0 aliphatic carbocycles. The fourth-order valence-corrected chi connectivity index (χ4v) is 4.61. The maximum absolute atomic E-state index is 13.0. The third-order valence-electron chi connectivity index (χ3n) is 6.20. The second kappa shape index (κ2) is 9.24. The Bertz CT molecular complexity index is 1020. The molecule has 0 radical (unpaired) electrons. The summed E-state index contributed by atoms with van der Waals surface area (Å²) in [5.74, 6) is 2.17. The number of para-hydroxylation sites is 1. The Morgan fingerprint density at radius 1 is 1.22 bits per heavy atom. The maximum Gasteiger partial charge on any atom is 0.237 e. The van der Waals surface area contributed by atoms with Crippen molar-refractivity contribution in [1.82, 2.24) is 19.8 Å². The first-order valence-electron chi connectivity index (χ1n) is 11.1. The van der Waals surface area contributed by atoms with Gasteiger partial charge < -0.3 is 14.5 Å². The molecule has 3 heterocycles. The highest BCUT2D eigenvalue weighted by Gasteiger charge is 2.35. The summed E-state index contributed by atoms with van der Waals surface area (Å²) >= 11 is 0. The van der Waals surface area contributed by atoms with Gasteiger partial charge in [0, 0.05) is 29.8 Å². The summed E-state index contributed by atoms with van der Waals surface area (Å²) in [5.41, 5.74) is 2.82. The molecule has 8 nitrogen and oxygen atoms in total. The molecule has 1 aromatic carbocycles. The minimum atomic E-state index is -0.156. The molecule has 170 valence electrons. The highest BCUT2D eigenvalue weighted by atomic mass is 16.5. The number of hydrogen-bond acceptors (Lipinski definition) is 6. The molecule has 2 amide bonds. The van der Waals surface area contributed by atoms with Gasteiger partial charge in [0.1, 0.15) is 11.6 Å². The molecule has 0 saturated carbocycles. The minimum Gasteiger partial charge on any atom is -0.496 e. The fraction of sp³-hybridized carbons (Fsp3) is 0.500. The lowest BCUT2D eigenvalue weighted by molar-refractivity contribution is -0.133. The van der Waals surface area contributed by atoms with Crippen LogP contribution in [0.4, 0.5) is 5.82 Å². The standard InChI is InChI=1S/C24H31N5O3/c1-16-18-11-12-21(30)29(14-17-8-5-6-10-20(17)32-4)24(18)26-23(25-16)19-9-7-13-28(19)22(31)15-27(2)3/h5-6,8,10,19H,7,9,11-15H2,1-4H3/t19-/m0/s1. The predicted octanol–water partition coefficient (Wildman–Crippen LogP) is 2.50. The smallest absolute Gasteiger partial charge is 0.237 e. The number of amides is 2. The van der Waals surface area contributed by atoms with E-state index in [0.29, 0.717) is 44.1 Å². The highest BCUT2D eigenvalue weighted by molar-refractivity contribution is 5.95. The van der Waals surface area contributed by atoms with Crippen LogP contribution in [-0.2, 0) is 22.6 Å². The quantitative estimate of drug-likeness (QED) is 0.691. The predicted molar refractivity (Wildman–Crippen MR) is 122 cm³/mol. The largest absolute Gasteiger partial charge is 0.496 e. The average Bonchev–Trinajstić information content (AvgIpc) is 3.25. The molecule has 2 aliphatic heterocycles. The summed E-state index contributed by atoms with van der Waals surface area (Å²) in [6, 6.07) is 7.56. The molecule has 32 heavy (non-hydrogen) atoms. The van der Waals surface area contributed by atoms with Crippen LogP contribution in [0.3, 0.4) is 0 Å². The average molecular weight is 438 g/mol. The van der Waals surface area contributed by atoms with Crippen LogP contribution in [-0.4, -0.2) is 65.9 Å². The van der Waals surface area contributed by atoms with Crippen molar-refractivity contribution in [3.63, 3.8) is 0 Å². The third-order valence-corrected chi connectivity index (χ3v) is 6.20. The summed E-state index contributed by atoms with van der Waals surface area (Å²) in [5, 5.41) is 0. The Hall–Kier alpha value is -3.00. The number of aryl methyl sites for hydroxylation is 1. The number of rotatable bonds is 6. The van der Waals surface area contributed by atoms with E-state index in [1.54, 1.807) is 12.0 Å². The zero-order chi connectivity index (χ0) is 22.8. The van der Waals surface area contributed by atoms with Gasteiger partial charge in [0.05, 0.1) is 26.2 Å². The molecule has 1 fully saturated rings. The van der Waals surface area contributed by atoms with Crippen molar-refractivity contribution in [1.29, 1.82) is 0 Å². The van der Waals surface area contributed by atoms with Crippen molar-refractivity contribution in [3.05, 3.63) is 46.9 Å². The molecular weight excluding hydrogens is 406 g/mol. The molecule has 0 spiro atoms. The first-order valence-corrected chi connectivity index (χ1v) is 11.1. The van der Waals surface area contributed by atoms with Gasteiger partial charge in [-0.25, -0.2) is 9.97 Å². The van der Waals surface area contributed by atoms with Gasteiger partial charge in [0.2, 0.25) is 11.8 Å². The number of benzene rings is 1. The van der Waals surface area contributed by atoms with Gasteiger partial charge in [-0.1, -0.05) is 18.2 Å². The van der Waals surface area contributed by atoms with Crippen molar-refractivity contribution in [2.24, 2.45) is 0 Å². The highest BCUT2D eigenvalue weighted by Crippen LogP contribution is 2.35. The number of likely N-dealkylation sites (tertiary alicyclic amines) is 1. The second-order valence-corrected chi connectivity index (χ2v) is 8.74. The van der Waals surface area contributed by atoms with Crippen LogP contribution in [0.1, 0.15) is 47.9 Å². The Labute approximate surface area is 189 Å². The number of fused-ring (bicyclic) bond motifs is 1. The topological polar surface area (TPSA) is 78.9 Å². The van der Waals surface area contributed by atoms with Gasteiger partial charge >= 0.3 is 0 Å². The number of carbonyl (C=O) groups is 2. The van der Waals surface area contributed by atoms with Gasteiger partial charge in [-0.15, -0.1) is 0 Å². The Kier molecular flexibility index (Phi) is 6.41. The lowest BCUT2D eigenvalue weighted by atomic mass is 10.0. The molecule has 0 N–H and O–H groups in total. The summed E-state index contributed by atoms with van der Waals surface area (Å²) in [7, 11) is 5.42. The van der Waals surface area contributed by atoms with Crippen molar-refractivity contribution in [2.75, 3.05) is 39.2 Å². The number of methoxy groups -OCH3 is 1. The minimum absolute atomic E-state index is 0.0411. The van der Waals surface area contributed by atoms with E-state index in [4.69, 9.17) is 14.7 Å². The molecule has 0 unspecified atom stereocenters. The van der Waals surface area contributed by atoms with Crippen LogP contribution in [0.5, 0.6) is 5.75 Å². The van der Waals surface area contributed by atoms with E-state index in [-0.39, 0.29) is 17.9 Å². The lowest BCUT2D eigenvalue weighted by Gasteiger charge is -2.31. The lowest BCUT2D eigenvalue weighted by Crippen LogP contribution is -2.39. The second-order valence-electron chi connectivity index (χ2n) is 8.74. The van der Waals surface area contributed by atoms with Gasteiger partial charge in [0.25, 0.3) is 0 Å². The number of ether oxygens (including phenoxy) is 1. The summed E-state index contributed by atoms with van der Waals surface area (Å²) in [4.78, 5) is 41.0. The third kappa shape index (κ3) is 4.32. The van der Waals surface area contributed by atoms with Crippen LogP contribution < -0.4 is 9.64 Å². The van der Waals surface area contributed by atoms with E-state index in [9.17, 15) is 9.59 Å². The van der Waals surface area contributed by atoms with Gasteiger partial charge in [-0.05, 0) is 46.3 Å². The number of likely N-dealkylation sites (N-methyl/N-ethyl adjacent to an activating group) is 1. The molecular formula is C24H31N5O3. The number of aromatic nitrogens is 2. The molecule has 2 aliphatic rings. The first kappa shape index (κ1) is 22.2. The van der Waals surface area contributed by atoms with E-state index < -0.39 is 0 Å². The van der Waals surface area contributed by atoms with Crippen LogP contribution in [0.25, 0.3) is 0 Å². The summed E-state index contributed by atoms with van der Waals surface area (Å²) < 4.78 is 5.49. The van der Waals surface area contributed by atoms with Crippen molar-refractivity contribution >= 4 is 17.6 Å². The molecule has 0 bridgehead atoms. The zero-order valence-corrected chi connectivity index (χ0v) is 19.3. The van der Waals surface area contributed by atoms with Gasteiger partial charge in [-0.2, -0.15) is 0 Å². The molecule has 1 aromatic heterocycles. The maximum atomic E-state index is 13.0. The molecule has 4 rings (SSSR count). The first-order chi connectivity index (χ1) is 15.4. The van der Waals surface area contributed by atoms with Crippen LogP contribution in [0.15, 0.2) is 24.3 Å². The fourth-order valence-electron chi connectivity index (χ4n) is 4.61. The van der Waals surface area contributed by atoms with Gasteiger partial charge in [-0.3, -0.25) is 14.5 Å². The van der Waals surface area contributed by atoms with E-state index in [0.717, 1.165) is 35.4 Å². The number of hydrogen-bond donors (Lipinski definition) is 0. The molecule has 8 heteroatoms. The number of carbonyl (C=O) groups excluding carboxylic acids is 2. The number of nitrogens with zero attached hydrogens (tertiary/aromatic N) is 5. The Morgan fingerprint density at radius 2 is 2.00 bits per heavy atom. The van der Waals surface area contributed by atoms with E-state index in [1.807, 2.05) is 55.1 Å². The SMILES string of the molecule is COc1ccccc1CN1C(=O)CCc2c(C)nc([C@@H]3CCCN3C(=O)CN(C)C)nc21. The molecule has 1 saturated heterocycles. The summed E-state index contributed by atoms with van der Waals surface area (Å²) in [6.07, 6.45) is 2.82. The Morgan fingerprint density at radius 3 is 2.75 bits per heavy atom. The van der Waals surface area contributed by atoms with Gasteiger partial charge in [0.15, 0.2) is 5.82 Å². The molecule has 2 aromatic rings. The normalized spacial score (nSPS) is 18.3. The van der Waals surface area contributed by atoms with Crippen molar-refractivity contribution in [3.8, 4) is 5.75 Å². The van der Waals surface area contributed by atoms with Crippen LogP contribution >= 0.6 is 0 Å². The monoisotopic (exact) mass is 437 g/mol. The van der Waals surface area contributed by atoms with Crippen molar-refractivity contribution < 1.29 is 14.3 Å². The Balaban J connectivity index is 1.69. The van der Waals surface area contributed by atoms with E-state index in [2.05, 4.69) is 0 Å².